The predicted octanol–water partition coefficient (Wildman–Crippen LogP) is 5.80. The molecule has 2 aliphatic carbocycles. The quantitative estimate of drug-likeness (QED) is 0.441. The summed E-state index contributed by atoms with van der Waals surface area (Å²) in [6.45, 7) is 7.98. The van der Waals surface area contributed by atoms with E-state index in [1.807, 2.05) is 27.7 Å². The number of rotatable bonds is 4. The van der Waals surface area contributed by atoms with Crippen molar-refractivity contribution in [2.45, 2.75) is 96.2 Å². The number of carbonyl (C=O) groups excluding carboxylic acids is 1. The van der Waals surface area contributed by atoms with E-state index in [0.29, 0.717) is 25.7 Å². The first-order valence-electron chi connectivity index (χ1n) is 10.5. The number of halogens is 6. The van der Waals surface area contributed by atoms with Gasteiger partial charge < -0.3 is 9.84 Å². The Labute approximate surface area is 172 Å². The Balaban J connectivity index is 1.78. The van der Waals surface area contributed by atoms with Crippen LogP contribution in [0, 0.1) is 28.6 Å². The molecule has 0 aromatic rings. The minimum absolute atomic E-state index is 0.0989. The van der Waals surface area contributed by atoms with E-state index in [2.05, 4.69) is 0 Å². The van der Waals surface area contributed by atoms with Crippen molar-refractivity contribution < 1.29 is 41.0 Å². The molecule has 1 spiro atoms. The summed E-state index contributed by atoms with van der Waals surface area (Å²) in [6.07, 6.45) is -10.5. The van der Waals surface area contributed by atoms with Gasteiger partial charge in [-0.15, -0.1) is 0 Å². The molecule has 0 radical (unpaired) electrons. The van der Waals surface area contributed by atoms with E-state index in [1.54, 1.807) is 0 Å². The fourth-order valence-electron chi connectivity index (χ4n) is 6.38. The molecule has 0 aromatic heterocycles. The normalized spacial score (nSPS) is 37.3. The number of hydrogen-bond donors (Lipinski definition) is 1. The summed E-state index contributed by atoms with van der Waals surface area (Å²) < 4.78 is 84.5. The predicted molar refractivity (Wildman–Crippen MR) is 96.2 cm³/mol. The van der Waals surface area contributed by atoms with E-state index in [1.165, 1.54) is 0 Å². The van der Waals surface area contributed by atoms with Crippen LogP contribution in [0.25, 0.3) is 0 Å². The third-order valence-corrected chi connectivity index (χ3v) is 7.60. The minimum atomic E-state index is -5.80. The summed E-state index contributed by atoms with van der Waals surface area (Å²) in [4.78, 5) is 12.9. The lowest BCUT2D eigenvalue weighted by Crippen LogP contribution is -2.58. The first-order valence-corrected chi connectivity index (χ1v) is 10.5. The maximum Gasteiger partial charge on any atom is 0.426 e. The average molecular weight is 444 g/mol. The van der Waals surface area contributed by atoms with Crippen molar-refractivity contribution in [3.8, 4) is 0 Å². The SMILES string of the molecule is CCC1(CC(C)(C)C)CC2(CC3CC2CC3CC(O)(C(F)(F)F)C(F)(F)F)OC1=O. The molecule has 3 nitrogen and oxygen atoms in total. The molecule has 174 valence electrons. The highest BCUT2D eigenvalue weighted by Gasteiger charge is 2.73. The van der Waals surface area contributed by atoms with Gasteiger partial charge in [-0.25, -0.2) is 0 Å². The van der Waals surface area contributed by atoms with Crippen LogP contribution in [0.5, 0.6) is 0 Å². The largest absolute Gasteiger partial charge is 0.458 e. The summed E-state index contributed by atoms with van der Waals surface area (Å²) in [7, 11) is 0. The molecule has 30 heavy (non-hydrogen) atoms. The number of fused-ring (bicyclic) bond motifs is 3. The van der Waals surface area contributed by atoms with Gasteiger partial charge in [0.05, 0.1) is 5.41 Å². The second-order valence-corrected chi connectivity index (χ2v) is 11.0. The number of aliphatic hydroxyl groups is 1. The fourth-order valence-corrected chi connectivity index (χ4v) is 6.38. The second-order valence-electron chi connectivity index (χ2n) is 11.0. The Morgan fingerprint density at radius 2 is 1.63 bits per heavy atom. The van der Waals surface area contributed by atoms with Gasteiger partial charge in [0.15, 0.2) is 0 Å². The third-order valence-electron chi connectivity index (χ3n) is 7.60. The number of hydrogen-bond acceptors (Lipinski definition) is 3. The zero-order valence-corrected chi connectivity index (χ0v) is 17.7. The molecule has 1 saturated heterocycles. The van der Waals surface area contributed by atoms with Gasteiger partial charge >= 0.3 is 18.3 Å². The van der Waals surface area contributed by atoms with Crippen molar-refractivity contribution in [1.29, 1.82) is 0 Å². The first-order chi connectivity index (χ1) is 13.4. The molecule has 1 heterocycles. The van der Waals surface area contributed by atoms with Crippen molar-refractivity contribution in [2.24, 2.45) is 28.6 Å². The van der Waals surface area contributed by atoms with Crippen molar-refractivity contribution in [3.63, 3.8) is 0 Å². The van der Waals surface area contributed by atoms with Crippen LogP contribution in [0.3, 0.4) is 0 Å². The number of esters is 1. The van der Waals surface area contributed by atoms with Gasteiger partial charge in [0.25, 0.3) is 5.60 Å². The molecule has 5 unspecified atom stereocenters. The molecule has 0 amide bonds. The van der Waals surface area contributed by atoms with Crippen molar-refractivity contribution in [3.05, 3.63) is 0 Å². The summed E-state index contributed by atoms with van der Waals surface area (Å²) in [6, 6.07) is 0. The monoisotopic (exact) mass is 444 g/mol. The van der Waals surface area contributed by atoms with Crippen LogP contribution >= 0.6 is 0 Å². The Bertz CT molecular complexity index is 680. The van der Waals surface area contributed by atoms with Gasteiger partial charge in [0, 0.05) is 6.42 Å². The lowest BCUT2D eigenvalue weighted by molar-refractivity contribution is -0.373. The highest BCUT2D eigenvalue weighted by molar-refractivity contribution is 5.80. The molecular weight excluding hydrogens is 414 g/mol. The molecule has 3 aliphatic rings. The van der Waals surface area contributed by atoms with Crippen LogP contribution in [-0.2, 0) is 9.53 Å². The molecule has 5 atom stereocenters. The molecule has 3 fully saturated rings. The molecule has 2 bridgehead atoms. The van der Waals surface area contributed by atoms with Crippen LogP contribution in [0.1, 0.15) is 72.6 Å². The zero-order chi connectivity index (χ0) is 23.0. The lowest BCUT2D eigenvalue weighted by atomic mass is 9.65. The number of carbonyl (C=O) groups is 1. The van der Waals surface area contributed by atoms with Crippen LogP contribution in [-0.4, -0.2) is 34.6 Å². The Morgan fingerprint density at radius 3 is 2.03 bits per heavy atom. The van der Waals surface area contributed by atoms with E-state index in [4.69, 9.17) is 4.74 Å². The van der Waals surface area contributed by atoms with Crippen molar-refractivity contribution >= 4 is 5.97 Å². The second kappa shape index (κ2) is 6.75. The summed E-state index contributed by atoms with van der Waals surface area (Å²) in [5, 5.41) is 9.59. The van der Waals surface area contributed by atoms with E-state index in [-0.39, 0.29) is 30.1 Å². The fraction of sp³-hybridized carbons (Fsp3) is 0.952. The van der Waals surface area contributed by atoms with Crippen LogP contribution < -0.4 is 0 Å². The van der Waals surface area contributed by atoms with Crippen molar-refractivity contribution in [1.82, 2.24) is 0 Å². The summed E-state index contributed by atoms with van der Waals surface area (Å²) in [5.41, 5.74) is -6.31. The Kier molecular flexibility index (Phi) is 5.33. The van der Waals surface area contributed by atoms with Gasteiger partial charge in [-0.05, 0) is 61.7 Å². The molecular formula is C21H30F6O3. The molecule has 3 rings (SSSR count). The standard InChI is InChI=1S/C21H30F6O3/c1-5-17(10-16(2,3)4)11-18(30-15(17)28)8-12-6-14(18)7-13(12)9-19(29,20(22,23)24)21(25,26)27/h12-14,29H,5-11H2,1-4H3. The molecule has 2 saturated carbocycles. The number of alkyl halides is 6. The molecule has 1 N–H and O–H groups in total. The van der Waals surface area contributed by atoms with Gasteiger partial charge in [0.2, 0.25) is 0 Å². The highest BCUT2D eigenvalue weighted by Crippen LogP contribution is 2.65. The minimum Gasteiger partial charge on any atom is -0.458 e. The average Bonchev–Trinajstić information content (AvgIpc) is 3.15. The number of ether oxygens (including phenoxy) is 1. The summed E-state index contributed by atoms with van der Waals surface area (Å²) >= 11 is 0. The highest BCUT2D eigenvalue weighted by atomic mass is 19.4. The van der Waals surface area contributed by atoms with Crippen LogP contribution in [0.15, 0.2) is 0 Å². The smallest absolute Gasteiger partial charge is 0.426 e. The maximum absolute atomic E-state index is 13.1. The van der Waals surface area contributed by atoms with E-state index in [9.17, 15) is 36.2 Å². The lowest BCUT2D eigenvalue weighted by Gasteiger charge is -2.40. The Hall–Kier alpha value is -0.990. The Morgan fingerprint density at radius 1 is 1.07 bits per heavy atom. The molecule has 9 heteroatoms. The van der Waals surface area contributed by atoms with Gasteiger partial charge in [-0.1, -0.05) is 27.7 Å². The van der Waals surface area contributed by atoms with Gasteiger partial charge in [-0.2, -0.15) is 26.3 Å². The van der Waals surface area contributed by atoms with E-state index >= 15 is 0 Å². The molecule has 1 aliphatic heterocycles. The third kappa shape index (κ3) is 3.62. The van der Waals surface area contributed by atoms with Crippen LogP contribution in [0.4, 0.5) is 26.3 Å². The van der Waals surface area contributed by atoms with Crippen LogP contribution in [0.2, 0.25) is 0 Å². The topological polar surface area (TPSA) is 46.5 Å². The van der Waals surface area contributed by atoms with Gasteiger partial charge in [-0.3, -0.25) is 4.79 Å². The summed E-state index contributed by atoms with van der Waals surface area (Å²) in [5.74, 6) is -1.91. The van der Waals surface area contributed by atoms with Crippen molar-refractivity contribution in [2.75, 3.05) is 0 Å². The van der Waals surface area contributed by atoms with E-state index < -0.39 is 47.2 Å². The zero-order valence-electron chi connectivity index (χ0n) is 17.7. The maximum atomic E-state index is 13.1. The van der Waals surface area contributed by atoms with E-state index in [0.717, 1.165) is 0 Å². The first kappa shape index (κ1) is 23.7. The molecule has 0 aromatic carbocycles. The van der Waals surface area contributed by atoms with Gasteiger partial charge in [0.1, 0.15) is 5.60 Å².